The first-order valence-corrected chi connectivity index (χ1v) is 8.23. The summed E-state index contributed by atoms with van der Waals surface area (Å²) in [5, 5.41) is 12.0. The summed E-state index contributed by atoms with van der Waals surface area (Å²) in [6.07, 6.45) is 2.95. The smallest absolute Gasteiger partial charge is 0.407 e. The van der Waals surface area contributed by atoms with Crippen LogP contribution in [0.25, 0.3) is 0 Å². The Labute approximate surface area is 129 Å². The molecule has 3 unspecified atom stereocenters. The third-order valence-electron chi connectivity index (χ3n) is 6.00. The van der Waals surface area contributed by atoms with E-state index in [1.807, 2.05) is 0 Å². The van der Waals surface area contributed by atoms with Crippen LogP contribution in [-0.2, 0) is 4.74 Å². The number of nitrogens with one attached hydrogen (secondary N) is 1. The normalized spacial score (nSPS) is 37.2. The lowest BCUT2D eigenvalue weighted by atomic mass is 9.89. The van der Waals surface area contributed by atoms with Gasteiger partial charge in [0.05, 0.1) is 6.54 Å². The van der Waals surface area contributed by atoms with E-state index in [2.05, 4.69) is 10.2 Å². The third kappa shape index (κ3) is 2.31. The monoisotopic (exact) mass is 309 g/mol. The summed E-state index contributed by atoms with van der Waals surface area (Å²) in [4.78, 5) is 26.6. The van der Waals surface area contributed by atoms with E-state index >= 15 is 0 Å². The summed E-state index contributed by atoms with van der Waals surface area (Å²) >= 11 is 0. The average Bonchev–Trinajstić information content (AvgIpc) is 3.00. The molecule has 22 heavy (non-hydrogen) atoms. The Kier molecular flexibility index (Phi) is 3.21. The van der Waals surface area contributed by atoms with Gasteiger partial charge in [-0.25, -0.2) is 9.59 Å². The highest BCUT2D eigenvalue weighted by Crippen LogP contribution is 2.41. The van der Waals surface area contributed by atoms with Crippen molar-refractivity contribution in [3.8, 4) is 0 Å². The number of amides is 2. The summed E-state index contributed by atoms with van der Waals surface area (Å²) in [7, 11) is 0. The number of carboxylic acid groups (broad SMARTS) is 1. The number of rotatable bonds is 1. The highest BCUT2D eigenvalue weighted by Gasteiger charge is 2.48. The van der Waals surface area contributed by atoms with Gasteiger partial charge >= 0.3 is 12.2 Å². The number of ether oxygens (including phenoxy) is 1. The zero-order valence-electron chi connectivity index (χ0n) is 12.7. The molecule has 0 radical (unpaired) electrons. The summed E-state index contributed by atoms with van der Waals surface area (Å²) in [6.45, 7) is 3.88. The fourth-order valence-electron chi connectivity index (χ4n) is 4.88. The fourth-order valence-corrected chi connectivity index (χ4v) is 4.88. The molecule has 4 aliphatic rings. The molecule has 3 saturated heterocycles. The van der Waals surface area contributed by atoms with Crippen LogP contribution in [0.2, 0.25) is 0 Å². The number of fused-ring (bicyclic) bond motifs is 2. The SMILES string of the molecule is O=C1NCC2(CCN(C3CC4CC3CN(C(=O)O)C4)CC2)O1. The van der Waals surface area contributed by atoms with Crippen molar-refractivity contribution in [2.24, 2.45) is 11.8 Å². The van der Waals surface area contributed by atoms with Crippen molar-refractivity contribution >= 4 is 12.2 Å². The van der Waals surface area contributed by atoms with Crippen molar-refractivity contribution in [3.63, 3.8) is 0 Å². The van der Waals surface area contributed by atoms with Crippen molar-refractivity contribution in [2.45, 2.75) is 37.3 Å². The molecule has 2 amide bonds. The Balaban J connectivity index is 1.38. The minimum atomic E-state index is -0.781. The zero-order chi connectivity index (χ0) is 15.3. The highest BCUT2D eigenvalue weighted by molar-refractivity contribution is 5.70. The maximum Gasteiger partial charge on any atom is 0.407 e. The number of carbonyl (C=O) groups excluding carboxylic acids is 1. The molecule has 3 atom stereocenters. The predicted octanol–water partition coefficient (Wildman–Crippen LogP) is 0.949. The summed E-state index contributed by atoms with van der Waals surface area (Å²) < 4.78 is 5.47. The molecule has 0 aromatic rings. The Hall–Kier alpha value is -1.50. The summed E-state index contributed by atoms with van der Waals surface area (Å²) in [5.74, 6) is 0.981. The summed E-state index contributed by atoms with van der Waals surface area (Å²) in [6, 6.07) is 0.497. The lowest BCUT2D eigenvalue weighted by Gasteiger charge is -2.42. The molecule has 3 heterocycles. The van der Waals surface area contributed by atoms with E-state index in [1.165, 1.54) is 0 Å². The number of carbonyl (C=O) groups is 2. The van der Waals surface area contributed by atoms with Crippen LogP contribution in [0.15, 0.2) is 0 Å². The first kappa shape index (κ1) is 14.1. The van der Waals surface area contributed by atoms with Crippen molar-refractivity contribution < 1.29 is 19.4 Å². The van der Waals surface area contributed by atoms with E-state index in [-0.39, 0.29) is 11.7 Å². The van der Waals surface area contributed by atoms with Crippen molar-refractivity contribution in [2.75, 3.05) is 32.7 Å². The van der Waals surface area contributed by atoms with Crippen LogP contribution in [0.5, 0.6) is 0 Å². The van der Waals surface area contributed by atoms with Gasteiger partial charge in [-0.05, 0) is 24.7 Å². The van der Waals surface area contributed by atoms with Gasteiger partial charge in [-0.3, -0.25) is 4.90 Å². The van der Waals surface area contributed by atoms with E-state index in [1.54, 1.807) is 4.90 Å². The zero-order valence-corrected chi connectivity index (χ0v) is 12.7. The average molecular weight is 309 g/mol. The molecular formula is C15H23N3O4. The lowest BCUT2D eigenvalue weighted by molar-refractivity contribution is -0.0151. The van der Waals surface area contributed by atoms with Crippen molar-refractivity contribution in [1.29, 1.82) is 0 Å². The van der Waals surface area contributed by atoms with E-state index in [0.717, 1.165) is 38.8 Å². The van der Waals surface area contributed by atoms with E-state index in [9.17, 15) is 14.7 Å². The van der Waals surface area contributed by atoms with Gasteiger partial charge in [0.15, 0.2) is 0 Å². The molecule has 1 aliphatic carbocycles. The van der Waals surface area contributed by atoms with E-state index in [0.29, 0.717) is 37.5 Å². The quantitative estimate of drug-likeness (QED) is 0.753. The van der Waals surface area contributed by atoms with Crippen LogP contribution in [0, 0.1) is 11.8 Å². The molecule has 4 rings (SSSR count). The molecule has 7 heteroatoms. The van der Waals surface area contributed by atoms with Crippen LogP contribution in [0.3, 0.4) is 0 Å². The maximum atomic E-state index is 11.3. The minimum Gasteiger partial charge on any atom is -0.465 e. The molecule has 1 saturated carbocycles. The standard InChI is InChI=1S/C15H23N3O4/c19-13-16-9-15(22-13)1-3-17(4-2-15)12-6-10-5-11(12)8-18(7-10)14(20)21/h10-12H,1-9H2,(H,16,19)(H,20,21). The van der Waals surface area contributed by atoms with Crippen LogP contribution < -0.4 is 5.32 Å². The van der Waals surface area contributed by atoms with Crippen molar-refractivity contribution in [3.05, 3.63) is 0 Å². The first-order chi connectivity index (χ1) is 10.5. The van der Waals surface area contributed by atoms with Gasteiger partial charge in [-0.15, -0.1) is 0 Å². The number of nitrogens with zero attached hydrogens (tertiary/aromatic N) is 2. The van der Waals surface area contributed by atoms with Gasteiger partial charge in [0, 0.05) is 45.1 Å². The number of hydrogen-bond donors (Lipinski definition) is 2. The second-order valence-electron chi connectivity index (χ2n) is 7.31. The molecule has 7 nitrogen and oxygen atoms in total. The van der Waals surface area contributed by atoms with Crippen LogP contribution in [0.4, 0.5) is 9.59 Å². The van der Waals surface area contributed by atoms with Crippen molar-refractivity contribution in [1.82, 2.24) is 15.1 Å². The molecule has 3 aliphatic heterocycles. The van der Waals surface area contributed by atoms with E-state index in [4.69, 9.17) is 4.74 Å². The molecule has 122 valence electrons. The largest absolute Gasteiger partial charge is 0.465 e. The highest BCUT2D eigenvalue weighted by atomic mass is 16.6. The van der Waals surface area contributed by atoms with E-state index < -0.39 is 6.09 Å². The predicted molar refractivity (Wildman–Crippen MR) is 77.6 cm³/mol. The molecule has 2 N–H and O–H groups in total. The van der Waals surface area contributed by atoms with Gasteiger partial charge in [0.1, 0.15) is 5.60 Å². The van der Waals surface area contributed by atoms with Gasteiger partial charge in [0.2, 0.25) is 0 Å². The number of piperidine rings is 2. The lowest BCUT2D eigenvalue weighted by Crippen LogP contribution is -2.51. The molecular weight excluding hydrogens is 286 g/mol. The Morgan fingerprint density at radius 2 is 2.05 bits per heavy atom. The van der Waals surface area contributed by atoms with Crippen LogP contribution in [-0.4, -0.2) is 71.5 Å². The third-order valence-corrected chi connectivity index (χ3v) is 6.00. The molecule has 1 spiro atoms. The second kappa shape index (κ2) is 5.01. The summed E-state index contributed by atoms with van der Waals surface area (Å²) in [5.41, 5.74) is -0.297. The molecule has 0 aromatic heterocycles. The second-order valence-corrected chi connectivity index (χ2v) is 7.31. The Bertz CT molecular complexity index is 489. The van der Waals surface area contributed by atoms with Gasteiger partial charge in [0.25, 0.3) is 0 Å². The number of hydrogen-bond acceptors (Lipinski definition) is 4. The van der Waals surface area contributed by atoms with Crippen LogP contribution in [0.1, 0.15) is 25.7 Å². The molecule has 4 fully saturated rings. The van der Waals surface area contributed by atoms with Gasteiger partial charge < -0.3 is 20.1 Å². The molecule has 2 bridgehead atoms. The fraction of sp³-hybridized carbons (Fsp3) is 0.867. The Morgan fingerprint density at radius 1 is 1.27 bits per heavy atom. The first-order valence-electron chi connectivity index (χ1n) is 8.23. The minimum absolute atomic E-state index is 0.290. The maximum absolute atomic E-state index is 11.3. The van der Waals surface area contributed by atoms with Crippen LogP contribution >= 0.6 is 0 Å². The molecule has 0 aromatic carbocycles. The topological polar surface area (TPSA) is 82.1 Å². The Morgan fingerprint density at radius 3 is 2.68 bits per heavy atom. The van der Waals surface area contributed by atoms with Gasteiger partial charge in [-0.1, -0.05) is 0 Å². The number of alkyl carbamates (subject to hydrolysis) is 1. The van der Waals surface area contributed by atoms with Gasteiger partial charge in [-0.2, -0.15) is 0 Å². The number of likely N-dealkylation sites (tertiary alicyclic amines) is 2.